The van der Waals surface area contributed by atoms with E-state index < -0.39 is 0 Å². The molecule has 4 heteroatoms. The fourth-order valence-corrected chi connectivity index (χ4v) is 2.61. The zero-order valence-electron chi connectivity index (χ0n) is 14.7. The Morgan fingerprint density at radius 3 is 1.65 bits per heavy atom. The maximum atomic E-state index is 5.81. The Bertz CT molecular complexity index is 915. The average molecular weight is 407 g/mol. The van der Waals surface area contributed by atoms with Gasteiger partial charge in [-0.3, -0.25) is 0 Å². The van der Waals surface area contributed by atoms with Crippen LogP contribution in [0.5, 0.6) is 11.5 Å². The summed E-state index contributed by atoms with van der Waals surface area (Å²) in [5, 5.41) is 8.71. The van der Waals surface area contributed by atoms with Gasteiger partial charge in [0.25, 0.3) is 0 Å². The summed E-state index contributed by atoms with van der Waals surface area (Å²) in [6.07, 6.45) is 0. The van der Waals surface area contributed by atoms with Crippen LogP contribution in [0.3, 0.4) is 0 Å². The Balaban J connectivity index is 1.70. The van der Waals surface area contributed by atoms with Crippen LogP contribution in [0, 0.1) is 0 Å². The molecule has 0 amide bonds. The first-order chi connectivity index (χ1) is 12.6. The number of ether oxygens (including phenoxy) is 1. The molecule has 26 heavy (non-hydrogen) atoms. The Morgan fingerprint density at radius 2 is 1.12 bits per heavy atom. The normalized spacial score (nSPS) is 12.1. The Labute approximate surface area is 162 Å². The minimum Gasteiger partial charge on any atom is -0.457 e. The van der Waals surface area contributed by atoms with Crippen molar-refractivity contribution in [2.45, 2.75) is 13.8 Å². The molecular weight excluding hydrogens is 388 g/mol. The van der Waals surface area contributed by atoms with Crippen molar-refractivity contribution in [3.05, 3.63) is 94.5 Å². The van der Waals surface area contributed by atoms with Crippen LogP contribution in [0.1, 0.15) is 25.0 Å². The molecule has 0 aliphatic heterocycles. The lowest BCUT2D eigenvalue weighted by Gasteiger charge is -2.06. The highest BCUT2D eigenvalue weighted by Crippen LogP contribution is 2.21. The predicted molar refractivity (Wildman–Crippen MR) is 112 cm³/mol. The van der Waals surface area contributed by atoms with Crippen molar-refractivity contribution in [3.63, 3.8) is 0 Å². The van der Waals surface area contributed by atoms with E-state index in [1.165, 1.54) is 0 Å². The van der Waals surface area contributed by atoms with Crippen LogP contribution in [0.4, 0.5) is 0 Å². The van der Waals surface area contributed by atoms with E-state index in [0.29, 0.717) is 0 Å². The van der Waals surface area contributed by atoms with Gasteiger partial charge in [0.05, 0.1) is 11.4 Å². The van der Waals surface area contributed by atoms with Crippen molar-refractivity contribution in [2.24, 2.45) is 10.2 Å². The van der Waals surface area contributed by atoms with Gasteiger partial charge in [-0.1, -0.05) is 46.3 Å². The highest BCUT2D eigenvalue weighted by atomic mass is 79.9. The lowest BCUT2D eigenvalue weighted by Crippen LogP contribution is -1.97. The van der Waals surface area contributed by atoms with Gasteiger partial charge in [0.1, 0.15) is 11.5 Å². The fraction of sp³-hybridized carbons (Fsp3) is 0.0909. The van der Waals surface area contributed by atoms with E-state index in [1.54, 1.807) is 0 Å². The summed E-state index contributed by atoms with van der Waals surface area (Å²) >= 11 is 3.44. The number of para-hydroxylation sites is 1. The summed E-state index contributed by atoms with van der Waals surface area (Å²) in [5.41, 5.74) is 3.79. The predicted octanol–water partition coefficient (Wildman–Crippen LogP) is 6.47. The Hall–Kier alpha value is -2.72. The topological polar surface area (TPSA) is 34.0 Å². The molecule has 3 rings (SSSR count). The highest BCUT2D eigenvalue weighted by Gasteiger charge is 2.01. The van der Waals surface area contributed by atoms with Crippen LogP contribution in [-0.2, 0) is 0 Å². The quantitative estimate of drug-likeness (QED) is 0.352. The number of hydrogen-bond acceptors (Lipinski definition) is 3. The van der Waals surface area contributed by atoms with Crippen molar-refractivity contribution < 1.29 is 4.74 Å². The van der Waals surface area contributed by atoms with E-state index in [1.807, 2.05) is 92.7 Å². The third-order valence-corrected chi connectivity index (χ3v) is 4.39. The van der Waals surface area contributed by atoms with Gasteiger partial charge in [-0.05, 0) is 73.5 Å². The van der Waals surface area contributed by atoms with E-state index in [0.717, 1.165) is 38.5 Å². The van der Waals surface area contributed by atoms with E-state index >= 15 is 0 Å². The van der Waals surface area contributed by atoms with Crippen molar-refractivity contribution in [1.82, 2.24) is 0 Å². The van der Waals surface area contributed by atoms with Crippen LogP contribution in [0.15, 0.2) is 93.5 Å². The van der Waals surface area contributed by atoms with Gasteiger partial charge in [0.2, 0.25) is 0 Å². The third-order valence-electron chi connectivity index (χ3n) is 3.86. The Kier molecular flexibility index (Phi) is 5.97. The molecule has 0 unspecified atom stereocenters. The lowest BCUT2D eigenvalue weighted by atomic mass is 10.1. The summed E-state index contributed by atoms with van der Waals surface area (Å²) in [5.74, 6) is 1.61. The van der Waals surface area contributed by atoms with Crippen molar-refractivity contribution >= 4 is 27.4 Å². The average Bonchev–Trinajstić information content (AvgIpc) is 2.68. The first-order valence-corrected chi connectivity index (χ1v) is 9.09. The van der Waals surface area contributed by atoms with Gasteiger partial charge < -0.3 is 4.74 Å². The van der Waals surface area contributed by atoms with Gasteiger partial charge in [-0.25, -0.2) is 0 Å². The molecule has 0 saturated carbocycles. The molecular formula is C22H19BrN2O. The summed E-state index contributed by atoms with van der Waals surface area (Å²) < 4.78 is 6.86. The molecule has 0 aliphatic carbocycles. The van der Waals surface area contributed by atoms with Crippen molar-refractivity contribution in [2.75, 3.05) is 0 Å². The number of hydrogen-bond donors (Lipinski definition) is 0. The minimum absolute atomic E-state index is 0.794. The smallest absolute Gasteiger partial charge is 0.127 e. The van der Waals surface area contributed by atoms with Crippen LogP contribution < -0.4 is 4.74 Å². The van der Waals surface area contributed by atoms with Gasteiger partial charge in [-0.2, -0.15) is 10.2 Å². The molecule has 0 bridgehead atoms. The molecule has 0 radical (unpaired) electrons. The van der Waals surface area contributed by atoms with Crippen LogP contribution in [-0.4, -0.2) is 11.4 Å². The standard InChI is InChI=1S/C22H19BrN2O/c1-16(18-8-12-20(23)13-9-18)24-25-17(2)19-10-14-22(15-11-19)26-21-6-4-3-5-7-21/h3-15H,1-2H3/b24-16+,25-17+. The fourth-order valence-electron chi connectivity index (χ4n) is 2.35. The third kappa shape index (κ3) is 4.90. The number of rotatable bonds is 5. The zero-order chi connectivity index (χ0) is 18.4. The van der Waals surface area contributed by atoms with Gasteiger partial charge >= 0.3 is 0 Å². The largest absolute Gasteiger partial charge is 0.457 e. The Morgan fingerprint density at radius 1 is 0.654 bits per heavy atom. The van der Waals surface area contributed by atoms with Crippen LogP contribution >= 0.6 is 15.9 Å². The minimum atomic E-state index is 0.794. The molecule has 3 aromatic carbocycles. The lowest BCUT2D eigenvalue weighted by molar-refractivity contribution is 0.482. The van der Waals surface area contributed by atoms with Crippen molar-refractivity contribution in [1.29, 1.82) is 0 Å². The van der Waals surface area contributed by atoms with Crippen LogP contribution in [0.25, 0.3) is 0 Å². The number of halogens is 1. The second-order valence-corrected chi connectivity index (χ2v) is 6.73. The molecule has 0 aliphatic rings. The molecule has 3 aromatic rings. The second kappa shape index (κ2) is 8.59. The highest BCUT2D eigenvalue weighted by molar-refractivity contribution is 9.10. The number of nitrogens with zero attached hydrogens (tertiary/aromatic N) is 2. The molecule has 130 valence electrons. The molecule has 0 spiro atoms. The summed E-state index contributed by atoms with van der Waals surface area (Å²) in [7, 11) is 0. The van der Waals surface area contributed by atoms with Crippen LogP contribution in [0.2, 0.25) is 0 Å². The summed E-state index contributed by atoms with van der Waals surface area (Å²) in [4.78, 5) is 0. The first kappa shape index (κ1) is 18.1. The molecule has 0 saturated heterocycles. The molecule has 0 fully saturated rings. The second-order valence-electron chi connectivity index (χ2n) is 5.82. The maximum absolute atomic E-state index is 5.81. The van der Waals surface area contributed by atoms with E-state index in [2.05, 4.69) is 26.1 Å². The van der Waals surface area contributed by atoms with E-state index in [-0.39, 0.29) is 0 Å². The van der Waals surface area contributed by atoms with E-state index in [9.17, 15) is 0 Å². The molecule has 0 N–H and O–H groups in total. The molecule has 0 aromatic heterocycles. The molecule has 3 nitrogen and oxygen atoms in total. The van der Waals surface area contributed by atoms with Crippen molar-refractivity contribution in [3.8, 4) is 11.5 Å². The molecule has 0 atom stereocenters. The number of benzene rings is 3. The zero-order valence-corrected chi connectivity index (χ0v) is 16.3. The van der Waals surface area contributed by atoms with E-state index in [4.69, 9.17) is 4.74 Å². The first-order valence-electron chi connectivity index (χ1n) is 8.30. The summed E-state index contributed by atoms with van der Waals surface area (Å²) in [6.45, 7) is 3.90. The van der Waals surface area contributed by atoms with Gasteiger partial charge in [0.15, 0.2) is 0 Å². The summed E-state index contributed by atoms with van der Waals surface area (Å²) in [6, 6.07) is 25.6. The van der Waals surface area contributed by atoms with Gasteiger partial charge in [-0.15, -0.1) is 0 Å². The SMILES string of the molecule is C/C(=N\N=C(/C)c1ccc(Oc2ccccc2)cc1)c1ccc(Br)cc1. The maximum Gasteiger partial charge on any atom is 0.127 e. The monoisotopic (exact) mass is 406 g/mol. The van der Waals surface area contributed by atoms with Gasteiger partial charge in [0, 0.05) is 4.47 Å². The molecule has 0 heterocycles.